The first-order chi connectivity index (χ1) is 15.8. The number of carbonyl (C=O) groups is 3. The minimum Gasteiger partial charge on any atom is -0.465 e. The Hall–Kier alpha value is -3.43. The van der Waals surface area contributed by atoms with Gasteiger partial charge in [0.15, 0.2) is 5.41 Å². The van der Waals surface area contributed by atoms with Crippen molar-refractivity contribution in [1.82, 2.24) is 0 Å². The Kier molecular flexibility index (Phi) is 10.5. The maximum Gasteiger partial charge on any atom is 0.323 e. The Balaban J connectivity index is 3.89. The second kappa shape index (κ2) is 12.6. The van der Waals surface area contributed by atoms with Crippen LogP contribution in [0.3, 0.4) is 0 Å². The monoisotopic (exact) mass is 454 g/mol. The van der Waals surface area contributed by atoms with Crippen molar-refractivity contribution in [3.05, 3.63) is 0 Å². The van der Waals surface area contributed by atoms with Gasteiger partial charge in [-0.05, 0) is 52.4 Å². The number of ketones is 1. The lowest BCUT2D eigenvalue weighted by Crippen LogP contribution is -2.59. The summed E-state index contributed by atoms with van der Waals surface area (Å²) < 4.78 is 10.6. The van der Waals surface area contributed by atoms with Crippen molar-refractivity contribution >= 4 is 17.7 Å². The van der Waals surface area contributed by atoms with Crippen LogP contribution < -0.4 is 0 Å². The highest BCUT2D eigenvalue weighted by Crippen LogP contribution is 2.59. The van der Waals surface area contributed by atoms with Crippen LogP contribution in [-0.4, -0.2) is 30.9 Å². The Labute approximate surface area is 194 Å². The molecule has 1 rings (SSSR count). The Morgan fingerprint density at radius 1 is 0.727 bits per heavy atom. The van der Waals surface area contributed by atoms with Crippen molar-refractivity contribution in [3.63, 3.8) is 0 Å². The van der Waals surface area contributed by atoms with Crippen molar-refractivity contribution < 1.29 is 23.9 Å². The van der Waals surface area contributed by atoms with Crippen molar-refractivity contribution in [3.8, 4) is 24.3 Å². The summed E-state index contributed by atoms with van der Waals surface area (Å²) in [6.45, 7) is 3.20. The molecule has 1 fully saturated rings. The summed E-state index contributed by atoms with van der Waals surface area (Å²) in [4.78, 5) is 40.7. The Morgan fingerprint density at radius 2 is 1.03 bits per heavy atom. The van der Waals surface area contributed by atoms with Gasteiger partial charge in [-0.2, -0.15) is 21.0 Å². The van der Waals surface area contributed by atoms with Gasteiger partial charge < -0.3 is 9.47 Å². The lowest BCUT2D eigenvalue weighted by molar-refractivity contribution is -0.187. The molecule has 0 aromatic rings. The average Bonchev–Trinajstić information content (AvgIpc) is 2.81. The Bertz CT molecular complexity index is 792. The van der Waals surface area contributed by atoms with Gasteiger partial charge in [-0.1, -0.05) is 0 Å². The second-order valence-electron chi connectivity index (χ2n) is 8.40. The van der Waals surface area contributed by atoms with E-state index in [1.54, 1.807) is 13.8 Å². The first-order valence-electron chi connectivity index (χ1n) is 11.1. The van der Waals surface area contributed by atoms with Crippen LogP contribution in [0.4, 0.5) is 0 Å². The van der Waals surface area contributed by atoms with Crippen LogP contribution in [0.15, 0.2) is 0 Å². The van der Waals surface area contributed by atoms with Gasteiger partial charge in [-0.15, -0.1) is 0 Å². The third-order valence-electron chi connectivity index (χ3n) is 6.44. The van der Waals surface area contributed by atoms with Crippen molar-refractivity contribution in [2.75, 3.05) is 13.2 Å². The standard InChI is InChI=1S/C24H30N4O5/c1-3-32-20(30)24(21(31)33-4-2)17-22(9-5-13-25,10-6-14-26)19(29)23(18-24,11-7-15-27)12-8-16-28/h3-12,17-18H2,1-2H3. The molecule has 0 aromatic carbocycles. The number of hydrogen-bond acceptors (Lipinski definition) is 9. The molecule has 1 saturated carbocycles. The minimum absolute atomic E-state index is 0.000711. The summed E-state index contributed by atoms with van der Waals surface area (Å²) in [7, 11) is 0. The minimum atomic E-state index is -1.84. The van der Waals surface area contributed by atoms with Gasteiger partial charge >= 0.3 is 11.9 Å². The molecule has 1 aliphatic rings. The summed E-state index contributed by atoms with van der Waals surface area (Å²) in [6, 6.07) is 8.06. The molecule has 1 aliphatic carbocycles. The van der Waals surface area contributed by atoms with E-state index in [0.717, 1.165) is 0 Å². The number of nitriles is 4. The van der Waals surface area contributed by atoms with Crippen LogP contribution in [-0.2, 0) is 23.9 Å². The van der Waals surface area contributed by atoms with Crippen molar-refractivity contribution in [1.29, 1.82) is 21.0 Å². The van der Waals surface area contributed by atoms with Crippen LogP contribution in [0.25, 0.3) is 0 Å². The molecular formula is C24H30N4O5. The highest BCUT2D eigenvalue weighted by Gasteiger charge is 2.66. The fraction of sp³-hybridized carbons (Fsp3) is 0.708. The molecule has 9 nitrogen and oxygen atoms in total. The largest absolute Gasteiger partial charge is 0.465 e. The van der Waals surface area contributed by atoms with E-state index in [9.17, 15) is 35.4 Å². The molecule has 0 heterocycles. The van der Waals surface area contributed by atoms with Crippen LogP contribution in [0.5, 0.6) is 0 Å². The molecule has 33 heavy (non-hydrogen) atoms. The first-order valence-corrected chi connectivity index (χ1v) is 11.1. The molecule has 0 saturated heterocycles. The fourth-order valence-electron chi connectivity index (χ4n) is 5.09. The molecule has 0 spiro atoms. The van der Waals surface area contributed by atoms with E-state index in [-0.39, 0.29) is 83.2 Å². The number of ether oxygens (including phenoxy) is 2. The third-order valence-corrected chi connectivity index (χ3v) is 6.44. The third kappa shape index (κ3) is 5.88. The van der Waals surface area contributed by atoms with Gasteiger partial charge in [0.2, 0.25) is 0 Å². The van der Waals surface area contributed by atoms with Gasteiger partial charge in [-0.3, -0.25) is 14.4 Å². The topological polar surface area (TPSA) is 165 Å². The van der Waals surface area contributed by atoms with Crippen LogP contribution in [0.2, 0.25) is 0 Å². The SMILES string of the molecule is CCOC(=O)C1(C(=O)OCC)CC(CCC#N)(CCC#N)C(=O)C(CCC#N)(CCC#N)C1. The maximum atomic E-state index is 14.1. The second-order valence-corrected chi connectivity index (χ2v) is 8.40. The predicted octanol–water partition coefficient (Wildman–Crippen LogP) is 3.65. The molecule has 0 amide bonds. The van der Waals surface area contributed by atoms with E-state index in [4.69, 9.17) is 9.47 Å². The number of esters is 2. The highest BCUT2D eigenvalue weighted by atomic mass is 16.6. The van der Waals surface area contributed by atoms with Crippen LogP contribution in [0, 0.1) is 61.6 Å². The van der Waals surface area contributed by atoms with E-state index in [0.29, 0.717) is 0 Å². The van der Waals surface area contributed by atoms with Crippen LogP contribution >= 0.6 is 0 Å². The lowest BCUT2D eigenvalue weighted by Gasteiger charge is -2.52. The molecular weight excluding hydrogens is 424 g/mol. The maximum absolute atomic E-state index is 14.1. The van der Waals surface area contributed by atoms with Gasteiger partial charge in [0, 0.05) is 36.5 Å². The van der Waals surface area contributed by atoms with E-state index >= 15 is 0 Å². The molecule has 0 bridgehead atoms. The summed E-state index contributed by atoms with van der Waals surface area (Å²) in [5, 5.41) is 37.0. The summed E-state index contributed by atoms with van der Waals surface area (Å²) >= 11 is 0. The summed E-state index contributed by atoms with van der Waals surface area (Å²) in [5.41, 5.74) is -4.52. The fourth-order valence-corrected chi connectivity index (χ4v) is 5.09. The van der Waals surface area contributed by atoms with Crippen molar-refractivity contribution in [2.45, 2.75) is 78.1 Å². The first kappa shape index (κ1) is 27.6. The molecule has 0 aliphatic heterocycles. The quantitative estimate of drug-likeness (QED) is 0.316. The van der Waals surface area contributed by atoms with Gasteiger partial charge in [0.1, 0.15) is 5.78 Å². The number of hydrogen-bond donors (Lipinski definition) is 0. The molecule has 9 heteroatoms. The number of carbonyl (C=O) groups excluding carboxylic acids is 3. The van der Waals surface area contributed by atoms with E-state index in [2.05, 4.69) is 0 Å². The van der Waals surface area contributed by atoms with E-state index in [1.165, 1.54) is 0 Å². The molecule has 0 aromatic heterocycles. The van der Waals surface area contributed by atoms with Crippen LogP contribution in [0.1, 0.15) is 78.1 Å². The molecule has 0 atom stereocenters. The van der Waals surface area contributed by atoms with E-state index < -0.39 is 28.2 Å². The smallest absolute Gasteiger partial charge is 0.323 e. The Morgan fingerprint density at radius 3 is 1.27 bits per heavy atom. The normalized spacial score (nSPS) is 17.5. The lowest BCUT2D eigenvalue weighted by atomic mass is 9.48. The summed E-state index contributed by atoms with van der Waals surface area (Å²) in [5.74, 6) is -1.95. The zero-order valence-corrected chi connectivity index (χ0v) is 19.3. The predicted molar refractivity (Wildman–Crippen MR) is 114 cm³/mol. The van der Waals surface area contributed by atoms with Gasteiger partial charge in [0.25, 0.3) is 0 Å². The van der Waals surface area contributed by atoms with Gasteiger partial charge in [-0.25, -0.2) is 0 Å². The van der Waals surface area contributed by atoms with Crippen molar-refractivity contribution in [2.24, 2.45) is 16.2 Å². The highest BCUT2D eigenvalue weighted by molar-refractivity contribution is 6.04. The van der Waals surface area contributed by atoms with Gasteiger partial charge in [0.05, 0.1) is 37.5 Å². The zero-order chi connectivity index (χ0) is 25.0. The number of Topliss-reactive ketones (excluding diaryl/α,β-unsaturated/α-hetero) is 1. The number of nitrogens with zero attached hydrogens (tertiary/aromatic N) is 4. The molecule has 176 valence electrons. The zero-order valence-electron chi connectivity index (χ0n) is 19.3. The van der Waals surface area contributed by atoms with E-state index in [1.807, 2.05) is 24.3 Å². The average molecular weight is 455 g/mol. The summed E-state index contributed by atoms with van der Waals surface area (Å²) in [6.07, 6.45) is -0.372. The molecule has 0 unspecified atom stereocenters. The number of rotatable bonds is 12. The molecule has 0 radical (unpaired) electrons. The molecule has 0 N–H and O–H groups in total.